The van der Waals surface area contributed by atoms with Crippen LogP contribution in [-0.4, -0.2) is 55.2 Å². The van der Waals surface area contributed by atoms with Gasteiger partial charge in [0.15, 0.2) is 0 Å². The van der Waals surface area contributed by atoms with Crippen molar-refractivity contribution in [2.75, 3.05) is 39.4 Å². The van der Waals surface area contributed by atoms with Crippen LogP contribution in [0.25, 0.3) is 0 Å². The summed E-state index contributed by atoms with van der Waals surface area (Å²) in [4.78, 5) is 20.1. The second-order valence-corrected chi connectivity index (χ2v) is 7.99. The van der Waals surface area contributed by atoms with Gasteiger partial charge in [-0.15, -0.1) is 23.1 Å². The first-order valence-electron chi connectivity index (χ1n) is 8.43. The normalized spacial score (nSPS) is 15.2. The van der Waals surface area contributed by atoms with Crippen molar-refractivity contribution in [2.45, 2.75) is 17.6 Å². The number of aromatic nitrogens is 1. The molecule has 1 fully saturated rings. The minimum atomic E-state index is -0.0139. The summed E-state index contributed by atoms with van der Waals surface area (Å²) in [5.41, 5.74) is 1.81. The standard InChI is InChI=1S/C18H23N3O2S2/c1-14-20-16(12-24-14)13-25-17-4-2-15(3-5-17)18(22)19-6-7-21-8-10-23-11-9-21/h2-5,12H,6-11,13H2,1H3,(H,19,22). The van der Waals surface area contributed by atoms with Gasteiger partial charge in [-0.25, -0.2) is 4.98 Å². The molecule has 134 valence electrons. The van der Waals surface area contributed by atoms with Crippen molar-refractivity contribution in [3.8, 4) is 0 Å². The number of hydrogen-bond acceptors (Lipinski definition) is 6. The van der Waals surface area contributed by atoms with Gasteiger partial charge in [-0.1, -0.05) is 0 Å². The van der Waals surface area contributed by atoms with E-state index in [2.05, 4.69) is 20.6 Å². The monoisotopic (exact) mass is 377 g/mol. The molecule has 1 aromatic carbocycles. The quantitative estimate of drug-likeness (QED) is 0.752. The van der Waals surface area contributed by atoms with Gasteiger partial charge in [0.25, 0.3) is 5.91 Å². The molecule has 5 nitrogen and oxygen atoms in total. The van der Waals surface area contributed by atoms with Crippen molar-refractivity contribution >= 4 is 29.0 Å². The van der Waals surface area contributed by atoms with Gasteiger partial charge in [0, 0.05) is 47.8 Å². The number of amides is 1. The Bertz CT molecular complexity index is 682. The Morgan fingerprint density at radius 1 is 1.32 bits per heavy atom. The molecule has 25 heavy (non-hydrogen) atoms. The van der Waals surface area contributed by atoms with Crippen molar-refractivity contribution in [2.24, 2.45) is 0 Å². The fraction of sp³-hybridized carbons (Fsp3) is 0.444. The summed E-state index contributed by atoms with van der Waals surface area (Å²) in [7, 11) is 0. The van der Waals surface area contributed by atoms with Crippen molar-refractivity contribution in [3.05, 3.63) is 45.9 Å². The molecular weight excluding hydrogens is 354 g/mol. The average molecular weight is 378 g/mol. The zero-order valence-electron chi connectivity index (χ0n) is 14.4. The van der Waals surface area contributed by atoms with E-state index in [-0.39, 0.29) is 5.91 Å². The van der Waals surface area contributed by atoms with E-state index in [1.165, 1.54) is 0 Å². The molecule has 0 radical (unpaired) electrons. The van der Waals surface area contributed by atoms with Crippen LogP contribution in [0.15, 0.2) is 34.5 Å². The summed E-state index contributed by atoms with van der Waals surface area (Å²) in [6, 6.07) is 7.78. The number of nitrogens with one attached hydrogen (secondary N) is 1. The molecule has 1 aliphatic heterocycles. The first-order valence-corrected chi connectivity index (χ1v) is 10.3. The Balaban J connectivity index is 1.42. The highest BCUT2D eigenvalue weighted by atomic mass is 32.2. The maximum absolute atomic E-state index is 12.2. The lowest BCUT2D eigenvalue weighted by Crippen LogP contribution is -2.41. The smallest absolute Gasteiger partial charge is 0.251 e. The number of nitrogens with zero attached hydrogens (tertiary/aromatic N) is 2. The van der Waals surface area contributed by atoms with Crippen molar-refractivity contribution < 1.29 is 9.53 Å². The molecule has 0 spiro atoms. The predicted octanol–water partition coefficient (Wildman–Crippen LogP) is 2.81. The van der Waals surface area contributed by atoms with Crippen LogP contribution in [0.4, 0.5) is 0 Å². The number of benzene rings is 1. The first kappa shape index (κ1) is 18.4. The number of carbonyl (C=O) groups excluding carboxylic acids is 1. The molecule has 0 bridgehead atoms. The first-order chi connectivity index (χ1) is 12.2. The highest BCUT2D eigenvalue weighted by Gasteiger charge is 2.11. The van der Waals surface area contributed by atoms with Gasteiger partial charge in [-0.05, 0) is 31.2 Å². The Morgan fingerprint density at radius 3 is 2.76 bits per heavy atom. The number of aryl methyl sites for hydroxylation is 1. The summed E-state index contributed by atoms with van der Waals surface area (Å²) in [5, 5.41) is 6.18. The van der Waals surface area contributed by atoms with Gasteiger partial charge in [0.1, 0.15) is 0 Å². The molecule has 1 amide bonds. The van der Waals surface area contributed by atoms with Gasteiger partial charge in [-0.2, -0.15) is 0 Å². The molecule has 1 saturated heterocycles. The summed E-state index contributed by atoms with van der Waals surface area (Å²) < 4.78 is 5.32. The largest absolute Gasteiger partial charge is 0.379 e. The minimum Gasteiger partial charge on any atom is -0.379 e. The van der Waals surface area contributed by atoms with Crippen LogP contribution in [0.1, 0.15) is 21.1 Å². The van der Waals surface area contributed by atoms with Crippen LogP contribution < -0.4 is 5.32 Å². The Kier molecular flexibility index (Phi) is 6.86. The van der Waals surface area contributed by atoms with Gasteiger partial charge in [-0.3, -0.25) is 9.69 Å². The predicted molar refractivity (Wildman–Crippen MR) is 102 cm³/mol. The minimum absolute atomic E-state index is 0.0139. The van der Waals surface area contributed by atoms with Crippen LogP contribution >= 0.6 is 23.1 Å². The van der Waals surface area contributed by atoms with Gasteiger partial charge in [0.2, 0.25) is 0 Å². The van der Waals surface area contributed by atoms with Crippen LogP contribution in [0.3, 0.4) is 0 Å². The van der Waals surface area contributed by atoms with E-state index in [0.717, 1.165) is 54.2 Å². The number of morpholine rings is 1. The third-order valence-electron chi connectivity index (χ3n) is 3.99. The Morgan fingerprint density at radius 2 is 2.08 bits per heavy atom. The maximum atomic E-state index is 12.2. The highest BCUT2D eigenvalue weighted by Crippen LogP contribution is 2.23. The highest BCUT2D eigenvalue weighted by molar-refractivity contribution is 7.98. The number of ether oxygens (including phenoxy) is 1. The van der Waals surface area contributed by atoms with Gasteiger partial charge >= 0.3 is 0 Å². The van der Waals surface area contributed by atoms with E-state index < -0.39 is 0 Å². The second kappa shape index (κ2) is 9.33. The molecule has 0 unspecified atom stereocenters. The molecule has 2 aromatic rings. The SMILES string of the molecule is Cc1nc(CSc2ccc(C(=O)NCCN3CCOCC3)cc2)cs1. The summed E-state index contributed by atoms with van der Waals surface area (Å²) in [5.74, 6) is 0.843. The fourth-order valence-corrected chi connectivity index (χ4v) is 4.10. The van der Waals surface area contributed by atoms with Crippen molar-refractivity contribution in [3.63, 3.8) is 0 Å². The lowest BCUT2D eigenvalue weighted by Gasteiger charge is -2.26. The summed E-state index contributed by atoms with van der Waals surface area (Å²) >= 11 is 3.41. The van der Waals surface area contributed by atoms with E-state index in [9.17, 15) is 4.79 Å². The van der Waals surface area contributed by atoms with Crippen LogP contribution in [-0.2, 0) is 10.5 Å². The van der Waals surface area contributed by atoms with E-state index in [1.807, 2.05) is 31.2 Å². The topological polar surface area (TPSA) is 54.5 Å². The molecular formula is C18H23N3O2S2. The van der Waals surface area contributed by atoms with Crippen molar-refractivity contribution in [1.82, 2.24) is 15.2 Å². The van der Waals surface area contributed by atoms with E-state index in [4.69, 9.17) is 4.74 Å². The van der Waals surface area contributed by atoms with E-state index in [1.54, 1.807) is 23.1 Å². The zero-order chi connectivity index (χ0) is 17.5. The van der Waals surface area contributed by atoms with Gasteiger partial charge < -0.3 is 10.1 Å². The number of rotatable bonds is 7. The summed E-state index contributed by atoms with van der Waals surface area (Å²) in [6.07, 6.45) is 0. The van der Waals surface area contributed by atoms with Crippen LogP contribution in [0.5, 0.6) is 0 Å². The Hall–Kier alpha value is -1.41. The van der Waals surface area contributed by atoms with E-state index >= 15 is 0 Å². The molecule has 1 aliphatic rings. The molecule has 0 atom stereocenters. The average Bonchev–Trinajstić information content (AvgIpc) is 3.06. The number of thiazole rings is 1. The van der Waals surface area contributed by atoms with Crippen molar-refractivity contribution in [1.29, 1.82) is 0 Å². The molecule has 3 rings (SSSR count). The molecule has 0 aliphatic carbocycles. The fourth-order valence-electron chi connectivity index (χ4n) is 2.59. The summed E-state index contributed by atoms with van der Waals surface area (Å²) in [6.45, 7) is 7.02. The van der Waals surface area contributed by atoms with Crippen LogP contribution in [0, 0.1) is 6.92 Å². The molecule has 1 N–H and O–H groups in total. The lowest BCUT2D eigenvalue weighted by molar-refractivity contribution is 0.0383. The van der Waals surface area contributed by atoms with Crippen LogP contribution in [0.2, 0.25) is 0 Å². The Labute approximate surface area is 156 Å². The molecule has 7 heteroatoms. The third kappa shape index (κ3) is 5.81. The molecule has 1 aromatic heterocycles. The molecule has 2 heterocycles. The van der Waals surface area contributed by atoms with E-state index in [0.29, 0.717) is 12.1 Å². The number of carbonyl (C=O) groups is 1. The lowest BCUT2D eigenvalue weighted by atomic mass is 10.2. The zero-order valence-corrected chi connectivity index (χ0v) is 16.0. The molecule has 0 saturated carbocycles. The maximum Gasteiger partial charge on any atom is 0.251 e. The third-order valence-corrected chi connectivity index (χ3v) is 5.86. The van der Waals surface area contributed by atoms with Gasteiger partial charge in [0.05, 0.1) is 23.9 Å². The number of hydrogen-bond donors (Lipinski definition) is 1. The second-order valence-electron chi connectivity index (χ2n) is 5.88. The number of thioether (sulfide) groups is 1.